The average molecular weight is 366 g/mol. The summed E-state index contributed by atoms with van der Waals surface area (Å²) in [4.78, 5) is 26.6. The minimum absolute atomic E-state index is 0.0309. The van der Waals surface area contributed by atoms with E-state index in [0.717, 1.165) is 16.8 Å². The van der Waals surface area contributed by atoms with Crippen molar-refractivity contribution < 1.29 is 14.3 Å². The number of anilines is 1. The molecular formula is C22H26N2O3. The van der Waals surface area contributed by atoms with Crippen LogP contribution in [0.25, 0.3) is 0 Å². The molecule has 1 N–H and O–H groups in total. The molecule has 0 aromatic heterocycles. The van der Waals surface area contributed by atoms with Gasteiger partial charge in [0.25, 0.3) is 5.91 Å². The summed E-state index contributed by atoms with van der Waals surface area (Å²) in [5.74, 6) is 0.633. The molecule has 5 nitrogen and oxygen atoms in total. The van der Waals surface area contributed by atoms with Crippen LogP contribution in [-0.2, 0) is 9.59 Å². The van der Waals surface area contributed by atoms with Gasteiger partial charge in [-0.3, -0.25) is 9.59 Å². The maximum absolute atomic E-state index is 12.5. The van der Waals surface area contributed by atoms with Crippen molar-refractivity contribution >= 4 is 17.5 Å². The van der Waals surface area contributed by atoms with Crippen LogP contribution in [0.5, 0.6) is 5.75 Å². The number of para-hydroxylation sites is 1. The highest BCUT2D eigenvalue weighted by Crippen LogP contribution is 2.21. The van der Waals surface area contributed by atoms with E-state index in [2.05, 4.69) is 5.32 Å². The van der Waals surface area contributed by atoms with Crippen LogP contribution in [0.1, 0.15) is 24.0 Å². The number of likely N-dealkylation sites (tertiary alicyclic amines) is 1. The topological polar surface area (TPSA) is 58.6 Å². The standard InChI is InChI=1S/C22H26N2O3/c1-16-7-9-19(10-8-16)27-15-21(25)24-13-11-18(12-14-24)22(26)23-20-6-4-3-5-17(20)2/h3-10,18H,11-15H2,1-2H3,(H,23,26). The number of hydrogen-bond donors (Lipinski definition) is 1. The van der Waals surface area contributed by atoms with E-state index in [0.29, 0.717) is 31.7 Å². The SMILES string of the molecule is Cc1ccc(OCC(=O)N2CCC(C(=O)Nc3ccccc3C)CC2)cc1. The Balaban J connectivity index is 1.45. The predicted molar refractivity (Wildman–Crippen MR) is 106 cm³/mol. The summed E-state index contributed by atoms with van der Waals surface area (Å²) < 4.78 is 5.57. The van der Waals surface area contributed by atoms with Crippen molar-refractivity contribution in [3.63, 3.8) is 0 Å². The van der Waals surface area contributed by atoms with Gasteiger partial charge in [-0.15, -0.1) is 0 Å². The summed E-state index contributed by atoms with van der Waals surface area (Å²) in [7, 11) is 0. The molecule has 0 unspecified atom stereocenters. The third-order valence-electron chi connectivity index (χ3n) is 5.00. The number of piperidine rings is 1. The highest BCUT2D eigenvalue weighted by atomic mass is 16.5. The number of ether oxygens (including phenoxy) is 1. The Kier molecular flexibility index (Phi) is 6.12. The van der Waals surface area contributed by atoms with Gasteiger partial charge in [-0.1, -0.05) is 35.9 Å². The zero-order valence-electron chi connectivity index (χ0n) is 15.9. The monoisotopic (exact) mass is 366 g/mol. The van der Waals surface area contributed by atoms with Crippen molar-refractivity contribution in [1.82, 2.24) is 4.90 Å². The lowest BCUT2D eigenvalue weighted by molar-refractivity contribution is -0.136. The lowest BCUT2D eigenvalue weighted by Gasteiger charge is -2.31. The lowest BCUT2D eigenvalue weighted by Crippen LogP contribution is -2.43. The molecule has 0 spiro atoms. The third-order valence-corrected chi connectivity index (χ3v) is 5.00. The van der Waals surface area contributed by atoms with Crippen LogP contribution >= 0.6 is 0 Å². The number of nitrogens with one attached hydrogen (secondary N) is 1. The van der Waals surface area contributed by atoms with Gasteiger partial charge >= 0.3 is 0 Å². The molecule has 0 bridgehead atoms. The lowest BCUT2D eigenvalue weighted by atomic mass is 9.95. The van der Waals surface area contributed by atoms with E-state index in [1.807, 2.05) is 62.4 Å². The Bertz CT molecular complexity index is 793. The normalized spacial score (nSPS) is 14.7. The molecule has 27 heavy (non-hydrogen) atoms. The Morgan fingerprint density at radius 1 is 1.04 bits per heavy atom. The number of hydrogen-bond acceptors (Lipinski definition) is 3. The largest absolute Gasteiger partial charge is 0.484 e. The molecule has 0 radical (unpaired) electrons. The van der Waals surface area contributed by atoms with Gasteiger partial charge < -0.3 is 15.0 Å². The van der Waals surface area contributed by atoms with Gasteiger partial charge in [0.2, 0.25) is 5.91 Å². The number of nitrogens with zero attached hydrogens (tertiary/aromatic N) is 1. The summed E-state index contributed by atoms with van der Waals surface area (Å²) >= 11 is 0. The quantitative estimate of drug-likeness (QED) is 0.880. The van der Waals surface area contributed by atoms with Crippen LogP contribution in [-0.4, -0.2) is 36.4 Å². The first-order valence-electron chi connectivity index (χ1n) is 9.36. The second-order valence-corrected chi connectivity index (χ2v) is 7.06. The number of amides is 2. The first-order valence-corrected chi connectivity index (χ1v) is 9.36. The molecule has 2 amide bonds. The molecule has 1 aliphatic heterocycles. The summed E-state index contributed by atoms with van der Waals surface area (Å²) in [5.41, 5.74) is 3.05. The fourth-order valence-corrected chi connectivity index (χ4v) is 3.21. The molecule has 0 saturated carbocycles. The van der Waals surface area contributed by atoms with Gasteiger partial charge in [0.05, 0.1) is 0 Å². The van der Waals surface area contributed by atoms with E-state index >= 15 is 0 Å². The molecule has 5 heteroatoms. The summed E-state index contributed by atoms with van der Waals surface area (Å²) in [5, 5.41) is 3.01. The Labute approximate surface area is 160 Å². The first-order chi connectivity index (χ1) is 13.0. The Hall–Kier alpha value is -2.82. The minimum atomic E-state index is -0.0633. The fraction of sp³-hybridized carbons (Fsp3) is 0.364. The van der Waals surface area contributed by atoms with E-state index in [4.69, 9.17) is 4.74 Å². The van der Waals surface area contributed by atoms with Crippen LogP contribution < -0.4 is 10.1 Å². The smallest absolute Gasteiger partial charge is 0.260 e. The molecule has 1 fully saturated rings. The van der Waals surface area contributed by atoms with E-state index in [1.54, 1.807) is 4.90 Å². The Morgan fingerprint density at radius 2 is 1.70 bits per heavy atom. The third kappa shape index (κ3) is 5.09. The number of benzene rings is 2. The zero-order valence-corrected chi connectivity index (χ0v) is 15.9. The minimum Gasteiger partial charge on any atom is -0.484 e. The molecule has 142 valence electrons. The molecule has 2 aromatic rings. The second kappa shape index (κ2) is 8.71. The Morgan fingerprint density at radius 3 is 2.37 bits per heavy atom. The number of aryl methyl sites for hydroxylation is 2. The molecule has 1 heterocycles. The van der Waals surface area contributed by atoms with Gasteiger partial charge in [0, 0.05) is 24.7 Å². The van der Waals surface area contributed by atoms with Crippen LogP contribution in [0.4, 0.5) is 5.69 Å². The molecule has 3 rings (SSSR count). The van der Waals surface area contributed by atoms with Crippen LogP contribution in [0, 0.1) is 19.8 Å². The molecular weight excluding hydrogens is 340 g/mol. The van der Waals surface area contributed by atoms with Gasteiger partial charge in [-0.05, 0) is 50.5 Å². The number of carbonyl (C=O) groups is 2. The highest BCUT2D eigenvalue weighted by Gasteiger charge is 2.27. The summed E-state index contributed by atoms with van der Waals surface area (Å²) in [6.07, 6.45) is 1.35. The maximum atomic E-state index is 12.5. The van der Waals surface area contributed by atoms with Gasteiger partial charge in [-0.25, -0.2) is 0 Å². The van der Waals surface area contributed by atoms with Crippen LogP contribution in [0.3, 0.4) is 0 Å². The van der Waals surface area contributed by atoms with E-state index < -0.39 is 0 Å². The predicted octanol–water partition coefficient (Wildman–Crippen LogP) is 3.56. The summed E-state index contributed by atoms with van der Waals surface area (Å²) in [6, 6.07) is 15.4. The van der Waals surface area contributed by atoms with Crippen molar-refractivity contribution in [2.75, 3.05) is 25.0 Å². The fourth-order valence-electron chi connectivity index (χ4n) is 3.21. The van der Waals surface area contributed by atoms with Crippen molar-refractivity contribution in [1.29, 1.82) is 0 Å². The number of rotatable bonds is 5. The van der Waals surface area contributed by atoms with Crippen molar-refractivity contribution in [2.24, 2.45) is 5.92 Å². The maximum Gasteiger partial charge on any atom is 0.260 e. The molecule has 1 saturated heterocycles. The zero-order chi connectivity index (χ0) is 19.2. The molecule has 2 aromatic carbocycles. The van der Waals surface area contributed by atoms with E-state index in [9.17, 15) is 9.59 Å². The molecule has 0 aliphatic carbocycles. The van der Waals surface area contributed by atoms with Gasteiger partial charge in [-0.2, -0.15) is 0 Å². The van der Waals surface area contributed by atoms with E-state index in [-0.39, 0.29) is 24.3 Å². The molecule has 0 atom stereocenters. The van der Waals surface area contributed by atoms with Gasteiger partial charge in [0.15, 0.2) is 6.61 Å². The highest BCUT2D eigenvalue weighted by molar-refractivity contribution is 5.93. The first kappa shape index (κ1) is 19.0. The van der Waals surface area contributed by atoms with Crippen molar-refractivity contribution in [3.05, 3.63) is 59.7 Å². The van der Waals surface area contributed by atoms with Crippen LogP contribution in [0.15, 0.2) is 48.5 Å². The van der Waals surface area contributed by atoms with Crippen molar-refractivity contribution in [3.8, 4) is 5.75 Å². The second-order valence-electron chi connectivity index (χ2n) is 7.06. The van der Waals surface area contributed by atoms with E-state index in [1.165, 1.54) is 0 Å². The molecule has 1 aliphatic rings. The summed E-state index contributed by atoms with van der Waals surface area (Å²) in [6.45, 7) is 5.19. The van der Waals surface area contributed by atoms with Crippen LogP contribution in [0.2, 0.25) is 0 Å². The number of carbonyl (C=O) groups excluding carboxylic acids is 2. The average Bonchev–Trinajstić information content (AvgIpc) is 2.69. The van der Waals surface area contributed by atoms with Gasteiger partial charge in [0.1, 0.15) is 5.75 Å². The van der Waals surface area contributed by atoms with Crippen molar-refractivity contribution in [2.45, 2.75) is 26.7 Å².